The van der Waals surface area contributed by atoms with Crippen LogP contribution in [0.3, 0.4) is 0 Å². The van der Waals surface area contributed by atoms with Crippen LogP contribution in [-0.2, 0) is 14.4 Å². The molecule has 1 heterocycles. The minimum Gasteiger partial charge on any atom is -0.497 e. The molecule has 3 amide bonds. The molecule has 20 heavy (non-hydrogen) atoms. The van der Waals surface area contributed by atoms with Crippen LogP contribution in [0.2, 0.25) is 0 Å². The SMILES string of the molecule is COc1cccc(NC(=O)CC2C(=O)NN(C)C2=O)c1. The molecular formula is C13H15N3O4. The zero-order chi connectivity index (χ0) is 14.7. The number of carbonyl (C=O) groups is 3. The highest BCUT2D eigenvalue weighted by atomic mass is 16.5. The highest BCUT2D eigenvalue weighted by Crippen LogP contribution is 2.18. The maximum Gasteiger partial charge on any atom is 0.253 e. The van der Waals surface area contributed by atoms with E-state index in [0.717, 1.165) is 5.01 Å². The number of nitrogens with one attached hydrogen (secondary N) is 2. The lowest BCUT2D eigenvalue weighted by atomic mass is 10.0. The second-order valence-electron chi connectivity index (χ2n) is 4.41. The van der Waals surface area contributed by atoms with E-state index in [1.165, 1.54) is 14.2 Å². The molecule has 0 aliphatic carbocycles. The van der Waals surface area contributed by atoms with Gasteiger partial charge in [-0.15, -0.1) is 0 Å². The number of rotatable bonds is 4. The predicted molar refractivity (Wildman–Crippen MR) is 70.6 cm³/mol. The second kappa shape index (κ2) is 5.60. The van der Waals surface area contributed by atoms with E-state index in [1.807, 2.05) is 0 Å². The third kappa shape index (κ3) is 2.87. The summed E-state index contributed by atoms with van der Waals surface area (Å²) < 4.78 is 5.04. The normalized spacial score (nSPS) is 17.9. The molecule has 106 valence electrons. The summed E-state index contributed by atoms with van der Waals surface area (Å²) in [5.41, 5.74) is 2.90. The van der Waals surface area contributed by atoms with E-state index in [2.05, 4.69) is 10.7 Å². The van der Waals surface area contributed by atoms with Gasteiger partial charge in [-0.05, 0) is 12.1 Å². The largest absolute Gasteiger partial charge is 0.497 e. The lowest BCUT2D eigenvalue weighted by Crippen LogP contribution is -2.31. The maximum atomic E-state index is 11.9. The molecule has 7 heteroatoms. The van der Waals surface area contributed by atoms with Gasteiger partial charge in [-0.25, -0.2) is 0 Å². The van der Waals surface area contributed by atoms with Crippen molar-refractivity contribution in [2.45, 2.75) is 6.42 Å². The minimum absolute atomic E-state index is 0.188. The monoisotopic (exact) mass is 277 g/mol. The average molecular weight is 277 g/mol. The van der Waals surface area contributed by atoms with Crippen molar-refractivity contribution in [2.24, 2.45) is 5.92 Å². The van der Waals surface area contributed by atoms with E-state index in [0.29, 0.717) is 11.4 Å². The van der Waals surface area contributed by atoms with Crippen LogP contribution in [0, 0.1) is 5.92 Å². The topological polar surface area (TPSA) is 87.7 Å². The molecule has 1 aromatic rings. The Kier molecular flexibility index (Phi) is 3.88. The molecule has 7 nitrogen and oxygen atoms in total. The molecular weight excluding hydrogens is 262 g/mol. The van der Waals surface area contributed by atoms with Crippen LogP contribution in [0.4, 0.5) is 5.69 Å². The summed E-state index contributed by atoms with van der Waals surface area (Å²) in [5.74, 6) is -1.63. The number of hydrogen-bond acceptors (Lipinski definition) is 4. The number of benzene rings is 1. The number of anilines is 1. The number of methoxy groups -OCH3 is 1. The van der Waals surface area contributed by atoms with Crippen molar-refractivity contribution >= 4 is 23.4 Å². The molecule has 1 aliphatic heterocycles. The summed E-state index contributed by atoms with van der Waals surface area (Å²) in [7, 11) is 2.97. The third-order valence-corrected chi connectivity index (χ3v) is 2.97. The van der Waals surface area contributed by atoms with E-state index in [1.54, 1.807) is 24.3 Å². The Morgan fingerprint density at radius 3 is 2.80 bits per heavy atom. The Morgan fingerprint density at radius 1 is 1.45 bits per heavy atom. The Bertz CT molecular complexity index is 558. The molecule has 2 rings (SSSR count). The first kappa shape index (κ1) is 13.9. The molecule has 1 aliphatic rings. The summed E-state index contributed by atoms with van der Waals surface area (Å²) in [6.45, 7) is 0. The van der Waals surface area contributed by atoms with Crippen molar-refractivity contribution in [1.29, 1.82) is 0 Å². The fraction of sp³-hybridized carbons (Fsp3) is 0.308. The predicted octanol–water partition coefficient (Wildman–Crippen LogP) is 0.143. The smallest absolute Gasteiger partial charge is 0.253 e. The van der Waals surface area contributed by atoms with Gasteiger partial charge in [0.1, 0.15) is 11.7 Å². The molecule has 1 atom stereocenters. The van der Waals surface area contributed by atoms with Crippen molar-refractivity contribution in [2.75, 3.05) is 19.5 Å². The molecule has 1 unspecified atom stereocenters. The number of hydrazine groups is 1. The lowest BCUT2D eigenvalue weighted by Gasteiger charge is -2.09. The van der Waals surface area contributed by atoms with E-state index >= 15 is 0 Å². The molecule has 2 N–H and O–H groups in total. The fourth-order valence-electron chi connectivity index (χ4n) is 1.92. The van der Waals surface area contributed by atoms with Gasteiger partial charge in [0.2, 0.25) is 5.91 Å². The van der Waals surface area contributed by atoms with E-state index in [-0.39, 0.29) is 6.42 Å². The van der Waals surface area contributed by atoms with Gasteiger partial charge in [-0.3, -0.25) is 24.8 Å². The lowest BCUT2D eigenvalue weighted by molar-refractivity contribution is -0.134. The van der Waals surface area contributed by atoms with Gasteiger partial charge in [-0.2, -0.15) is 0 Å². The van der Waals surface area contributed by atoms with E-state index in [4.69, 9.17) is 4.74 Å². The molecule has 0 saturated carbocycles. The molecule has 0 aromatic heterocycles. The maximum absolute atomic E-state index is 11.9. The van der Waals surface area contributed by atoms with Crippen LogP contribution < -0.4 is 15.5 Å². The van der Waals surface area contributed by atoms with Crippen LogP contribution in [-0.4, -0.2) is 36.9 Å². The summed E-state index contributed by atoms with van der Waals surface area (Å²) in [6.07, 6.45) is -0.188. The number of nitrogens with zero attached hydrogens (tertiary/aromatic N) is 1. The van der Waals surface area contributed by atoms with Crippen molar-refractivity contribution in [3.63, 3.8) is 0 Å². The van der Waals surface area contributed by atoms with Gasteiger partial charge in [0.15, 0.2) is 0 Å². The number of hydrogen-bond donors (Lipinski definition) is 2. The van der Waals surface area contributed by atoms with Gasteiger partial charge < -0.3 is 10.1 Å². The van der Waals surface area contributed by atoms with Crippen molar-refractivity contribution in [3.05, 3.63) is 24.3 Å². The van der Waals surface area contributed by atoms with Crippen LogP contribution >= 0.6 is 0 Å². The highest BCUT2D eigenvalue weighted by Gasteiger charge is 2.38. The quantitative estimate of drug-likeness (QED) is 0.766. The van der Waals surface area contributed by atoms with Gasteiger partial charge >= 0.3 is 0 Å². The Labute approximate surface area is 115 Å². The van der Waals surface area contributed by atoms with Crippen molar-refractivity contribution < 1.29 is 19.1 Å². The van der Waals surface area contributed by atoms with Crippen LogP contribution in [0.15, 0.2) is 24.3 Å². The third-order valence-electron chi connectivity index (χ3n) is 2.97. The summed E-state index contributed by atoms with van der Waals surface area (Å²) in [4.78, 5) is 35.0. The first-order valence-electron chi connectivity index (χ1n) is 6.03. The minimum atomic E-state index is -0.967. The molecule has 1 fully saturated rings. The number of carbonyl (C=O) groups excluding carboxylic acids is 3. The van der Waals surface area contributed by atoms with Crippen molar-refractivity contribution in [1.82, 2.24) is 10.4 Å². The highest BCUT2D eigenvalue weighted by molar-refractivity contribution is 6.08. The van der Waals surface area contributed by atoms with Crippen LogP contribution in [0.25, 0.3) is 0 Å². The number of amides is 3. The summed E-state index contributed by atoms with van der Waals surface area (Å²) in [6, 6.07) is 6.83. The first-order valence-corrected chi connectivity index (χ1v) is 6.03. The van der Waals surface area contributed by atoms with Gasteiger partial charge in [0.05, 0.1) is 7.11 Å². The summed E-state index contributed by atoms with van der Waals surface area (Å²) in [5, 5.41) is 3.72. The van der Waals surface area contributed by atoms with E-state index < -0.39 is 23.6 Å². The van der Waals surface area contributed by atoms with Gasteiger partial charge in [0.25, 0.3) is 11.8 Å². The van der Waals surface area contributed by atoms with Gasteiger partial charge in [0, 0.05) is 25.2 Å². The number of ether oxygens (including phenoxy) is 1. The van der Waals surface area contributed by atoms with E-state index in [9.17, 15) is 14.4 Å². The Balaban J connectivity index is 1.99. The standard InChI is InChI=1S/C13H15N3O4/c1-16-13(19)10(12(18)15-16)7-11(17)14-8-4-3-5-9(6-8)20-2/h3-6,10H,7H2,1-2H3,(H,14,17)(H,15,18). The molecule has 1 saturated heterocycles. The first-order chi connectivity index (χ1) is 9.51. The van der Waals surface area contributed by atoms with Crippen LogP contribution in [0.1, 0.15) is 6.42 Å². The van der Waals surface area contributed by atoms with Gasteiger partial charge in [-0.1, -0.05) is 6.07 Å². The Morgan fingerprint density at radius 2 is 2.20 bits per heavy atom. The molecule has 0 bridgehead atoms. The molecule has 1 aromatic carbocycles. The molecule has 0 spiro atoms. The summed E-state index contributed by atoms with van der Waals surface area (Å²) >= 11 is 0. The zero-order valence-corrected chi connectivity index (χ0v) is 11.2. The van der Waals surface area contributed by atoms with Crippen LogP contribution in [0.5, 0.6) is 5.75 Å². The van der Waals surface area contributed by atoms with Crippen molar-refractivity contribution in [3.8, 4) is 5.75 Å². The zero-order valence-electron chi connectivity index (χ0n) is 11.2. The second-order valence-corrected chi connectivity index (χ2v) is 4.41. The molecule has 0 radical (unpaired) electrons. The Hall–Kier alpha value is -2.57. The average Bonchev–Trinajstić information content (AvgIpc) is 2.65. The fourth-order valence-corrected chi connectivity index (χ4v) is 1.92.